The van der Waals surface area contributed by atoms with Gasteiger partial charge in [-0.25, -0.2) is 5.43 Å². The summed E-state index contributed by atoms with van der Waals surface area (Å²) >= 11 is 12.0. The molecular formula is C20H19Cl2N7. The van der Waals surface area contributed by atoms with Crippen molar-refractivity contribution in [2.24, 2.45) is 5.10 Å². The van der Waals surface area contributed by atoms with Crippen LogP contribution in [0.4, 0.5) is 23.5 Å². The molecule has 1 fully saturated rings. The predicted molar refractivity (Wildman–Crippen MR) is 119 cm³/mol. The van der Waals surface area contributed by atoms with Crippen LogP contribution in [0.3, 0.4) is 0 Å². The topological polar surface area (TPSA) is 78.3 Å². The molecule has 0 unspecified atom stereocenters. The Kier molecular flexibility index (Phi) is 6.07. The fourth-order valence-corrected chi connectivity index (χ4v) is 3.24. The molecule has 1 aliphatic heterocycles. The summed E-state index contributed by atoms with van der Waals surface area (Å²) in [6.07, 6.45) is 3.89. The van der Waals surface area contributed by atoms with Gasteiger partial charge in [0.2, 0.25) is 17.8 Å². The first-order chi connectivity index (χ1) is 14.2. The Morgan fingerprint density at radius 1 is 0.897 bits per heavy atom. The van der Waals surface area contributed by atoms with Crippen molar-refractivity contribution in [1.29, 1.82) is 0 Å². The van der Waals surface area contributed by atoms with Crippen LogP contribution in [0.25, 0.3) is 0 Å². The zero-order chi connectivity index (χ0) is 20.1. The van der Waals surface area contributed by atoms with Crippen molar-refractivity contribution in [1.82, 2.24) is 15.0 Å². The molecule has 0 aliphatic carbocycles. The molecule has 7 nitrogen and oxygen atoms in total. The van der Waals surface area contributed by atoms with E-state index in [0.29, 0.717) is 27.9 Å². The highest BCUT2D eigenvalue weighted by atomic mass is 35.5. The first kappa shape index (κ1) is 19.4. The highest BCUT2D eigenvalue weighted by Crippen LogP contribution is 2.22. The van der Waals surface area contributed by atoms with Crippen LogP contribution in [-0.2, 0) is 0 Å². The maximum atomic E-state index is 6.04. The average Bonchev–Trinajstić information content (AvgIpc) is 3.26. The summed E-state index contributed by atoms with van der Waals surface area (Å²) in [7, 11) is 0. The molecule has 0 spiro atoms. The molecule has 148 valence electrons. The fraction of sp³-hybridized carbons (Fsp3) is 0.200. The number of hydrazone groups is 1. The molecule has 1 aliphatic rings. The largest absolute Gasteiger partial charge is 0.341 e. The smallest absolute Gasteiger partial charge is 0.250 e. The number of aromatic nitrogens is 3. The first-order valence-electron chi connectivity index (χ1n) is 9.24. The third-order valence-corrected chi connectivity index (χ3v) is 5.10. The molecule has 0 atom stereocenters. The van der Waals surface area contributed by atoms with Gasteiger partial charge in [0.15, 0.2) is 0 Å². The number of nitrogens with one attached hydrogen (secondary N) is 2. The van der Waals surface area contributed by atoms with Gasteiger partial charge in [0.1, 0.15) is 0 Å². The Morgan fingerprint density at radius 3 is 2.41 bits per heavy atom. The highest BCUT2D eigenvalue weighted by Gasteiger charge is 2.17. The van der Waals surface area contributed by atoms with Crippen molar-refractivity contribution in [2.45, 2.75) is 12.8 Å². The van der Waals surface area contributed by atoms with Crippen LogP contribution in [0.5, 0.6) is 0 Å². The maximum Gasteiger partial charge on any atom is 0.250 e. The average molecular weight is 428 g/mol. The lowest BCUT2D eigenvalue weighted by Crippen LogP contribution is -2.21. The number of anilines is 4. The Bertz CT molecular complexity index is 1000. The number of para-hydroxylation sites is 1. The standard InChI is InChI=1S/C20H19Cl2N7/c21-16-9-8-14(12-17(16)22)13-23-28-19-25-18(24-15-6-2-1-3-7-15)26-20(27-19)29-10-4-5-11-29/h1-3,6-9,12-13H,4-5,10-11H2,(H2,24,25,26,27,28). The minimum Gasteiger partial charge on any atom is -0.341 e. The van der Waals surface area contributed by atoms with Gasteiger partial charge < -0.3 is 10.2 Å². The van der Waals surface area contributed by atoms with Gasteiger partial charge in [-0.15, -0.1) is 0 Å². The molecule has 3 aromatic rings. The van der Waals surface area contributed by atoms with Crippen LogP contribution in [0.2, 0.25) is 10.0 Å². The molecule has 2 heterocycles. The monoisotopic (exact) mass is 427 g/mol. The zero-order valence-corrected chi connectivity index (χ0v) is 17.0. The summed E-state index contributed by atoms with van der Waals surface area (Å²) in [6.45, 7) is 1.86. The summed E-state index contributed by atoms with van der Waals surface area (Å²) in [6, 6.07) is 15.0. The van der Waals surface area contributed by atoms with Crippen molar-refractivity contribution >= 4 is 52.9 Å². The molecule has 1 saturated heterocycles. The number of hydrogen-bond acceptors (Lipinski definition) is 7. The minimum atomic E-state index is 0.358. The second-order valence-corrected chi connectivity index (χ2v) is 7.33. The predicted octanol–water partition coefficient (Wildman–Crippen LogP) is 4.97. The SMILES string of the molecule is Clc1ccc(C=NNc2nc(Nc3ccccc3)nc(N3CCCC3)n2)cc1Cl. The van der Waals surface area contributed by atoms with Gasteiger partial charge in [0, 0.05) is 18.8 Å². The molecule has 0 saturated carbocycles. The summed E-state index contributed by atoms with van der Waals surface area (Å²) in [5.74, 6) is 1.44. The molecular weight excluding hydrogens is 409 g/mol. The second kappa shape index (κ2) is 9.07. The lowest BCUT2D eigenvalue weighted by atomic mass is 10.2. The summed E-state index contributed by atoms with van der Waals surface area (Å²) in [4.78, 5) is 15.7. The molecule has 0 amide bonds. The molecule has 29 heavy (non-hydrogen) atoms. The van der Waals surface area contributed by atoms with E-state index in [0.717, 1.165) is 37.2 Å². The van der Waals surface area contributed by atoms with E-state index in [1.54, 1.807) is 18.3 Å². The maximum absolute atomic E-state index is 6.04. The van der Waals surface area contributed by atoms with Crippen LogP contribution in [0.15, 0.2) is 53.6 Å². The van der Waals surface area contributed by atoms with E-state index in [2.05, 4.69) is 35.7 Å². The van der Waals surface area contributed by atoms with E-state index < -0.39 is 0 Å². The van der Waals surface area contributed by atoms with Crippen LogP contribution in [-0.4, -0.2) is 34.3 Å². The van der Waals surface area contributed by atoms with Crippen molar-refractivity contribution in [2.75, 3.05) is 28.7 Å². The van der Waals surface area contributed by atoms with E-state index >= 15 is 0 Å². The molecule has 0 radical (unpaired) electrons. The van der Waals surface area contributed by atoms with E-state index in [9.17, 15) is 0 Å². The number of halogens is 2. The van der Waals surface area contributed by atoms with Crippen LogP contribution in [0.1, 0.15) is 18.4 Å². The van der Waals surface area contributed by atoms with E-state index in [1.165, 1.54) is 0 Å². The number of nitrogens with zero attached hydrogens (tertiary/aromatic N) is 5. The zero-order valence-electron chi connectivity index (χ0n) is 15.5. The van der Waals surface area contributed by atoms with Gasteiger partial charge in [0.25, 0.3) is 0 Å². The first-order valence-corrected chi connectivity index (χ1v) is 10.0. The normalized spacial score (nSPS) is 13.8. The Balaban J connectivity index is 1.55. The molecule has 9 heteroatoms. The van der Waals surface area contributed by atoms with Crippen LogP contribution < -0.4 is 15.6 Å². The minimum absolute atomic E-state index is 0.358. The molecule has 2 aromatic carbocycles. The van der Waals surface area contributed by atoms with Crippen molar-refractivity contribution in [3.8, 4) is 0 Å². The Morgan fingerprint density at radius 2 is 1.66 bits per heavy atom. The summed E-state index contributed by atoms with van der Waals surface area (Å²) in [5, 5.41) is 8.41. The molecule has 1 aromatic heterocycles. The number of hydrogen-bond donors (Lipinski definition) is 2. The fourth-order valence-electron chi connectivity index (χ4n) is 2.94. The van der Waals surface area contributed by atoms with Crippen LogP contribution >= 0.6 is 23.2 Å². The third-order valence-electron chi connectivity index (χ3n) is 4.36. The summed E-state index contributed by atoms with van der Waals surface area (Å²) < 4.78 is 0. The van der Waals surface area contributed by atoms with Gasteiger partial charge in [-0.05, 0) is 42.7 Å². The summed E-state index contributed by atoms with van der Waals surface area (Å²) in [5.41, 5.74) is 4.59. The van der Waals surface area contributed by atoms with E-state index in [4.69, 9.17) is 23.2 Å². The second-order valence-electron chi connectivity index (χ2n) is 6.51. The lowest BCUT2D eigenvalue weighted by molar-refractivity contribution is 0.883. The van der Waals surface area contributed by atoms with Gasteiger partial charge in [0.05, 0.1) is 16.3 Å². The van der Waals surface area contributed by atoms with Gasteiger partial charge in [-0.2, -0.15) is 20.1 Å². The van der Waals surface area contributed by atoms with E-state index in [-0.39, 0.29) is 0 Å². The quantitative estimate of drug-likeness (QED) is 0.427. The van der Waals surface area contributed by atoms with Gasteiger partial charge >= 0.3 is 0 Å². The van der Waals surface area contributed by atoms with E-state index in [1.807, 2.05) is 36.4 Å². The lowest BCUT2D eigenvalue weighted by Gasteiger charge is -2.16. The van der Waals surface area contributed by atoms with Crippen LogP contribution in [0, 0.1) is 0 Å². The van der Waals surface area contributed by atoms with Gasteiger partial charge in [-0.3, -0.25) is 0 Å². The van der Waals surface area contributed by atoms with Crippen molar-refractivity contribution in [3.05, 3.63) is 64.1 Å². The highest BCUT2D eigenvalue weighted by molar-refractivity contribution is 6.42. The van der Waals surface area contributed by atoms with Crippen molar-refractivity contribution in [3.63, 3.8) is 0 Å². The number of rotatable bonds is 6. The Hall–Kier alpha value is -2.90. The molecule has 0 bridgehead atoms. The molecule has 4 rings (SSSR count). The van der Waals surface area contributed by atoms with Gasteiger partial charge in [-0.1, -0.05) is 47.5 Å². The Labute approximate surface area is 178 Å². The third kappa shape index (κ3) is 5.13. The molecule has 2 N–H and O–H groups in total. The van der Waals surface area contributed by atoms with Crippen molar-refractivity contribution < 1.29 is 0 Å². The number of benzene rings is 2.